The van der Waals surface area contributed by atoms with E-state index in [0.717, 1.165) is 0 Å². The third kappa shape index (κ3) is 5.23. The molecule has 3 rings (SSSR count). The number of aliphatic imine (C=N–C) groups is 1. The number of anilines is 1. The Morgan fingerprint density at radius 2 is 1.97 bits per heavy atom. The van der Waals surface area contributed by atoms with Crippen molar-refractivity contribution < 1.29 is 14.3 Å². The Bertz CT molecular complexity index is 950. The predicted molar refractivity (Wildman–Crippen MR) is 119 cm³/mol. The first-order valence-electron chi connectivity index (χ1n) is 8.87. The maximum Gasteiger partial charge on any atom is 0.238 e. The number of amidine groups is 1. The van der Waals surface area contributed by atoms with Crippen LogP contribution in [-0.4, -0.2) is 40.8 Å². The van der Waals surface area contributed by atoms with Crippen LogP contribution < -0.4 is 10.1 Å². The van der Waals surface area contributed by atoms with Gasteiger partial charge in [0, 0.05) is 18.7 Å². The van der Waals surface area contributed by atoms with Gasteiger partial charge in [-0.3, -0.25) is 14.5 Å². The standard InChI is InChI=1S/C20H19Cl2N3O3S/c1-3-25-18(26)11-17(19(27)23-12-4-7-14(28-2)8-5-12)29-20(25)24-13-6-9-15(21)16(22)10-13/h4-10,17H,3,11H2,1-2H3,(H,23,27). The Morgan fingerprint density at radius 1 is 1.24 bits per heavy atom. The molecule has 6 nitrogen and oxygen atoms in total. The van der Waals surface area contributed by atoms with Gasteiger partial charge < -0.3 is 10.1 Å². The number of carbonyl (C=O) groups excluding carboxylic acids is 2. The summed E-state index contributed by atoms with van der Waals surface area (Å²) in [6.07, 6.45) is 0.0981. The zero-order chi connectivity index (χ0) is 21.0. The number of nitrogens with one attached hydrogen (secondary N) is 1. The highest BCUT2D eigenvalue weighted by Gasteiger charge is 2.35. The zero-order valence-corrected chi connectivity index (χ0v) is 18.1. The van der Waals surface area contributed by atoms with Gasteiger partial charge in [-0.1, -0.05) is 35.0 Å². The minimum absolute atomic E-state index is 0.0981. The van der Waals surface area contributed by atoms with E-state index in [1.807, 2.05) is 6.92 Å². The molecule has 1 heterocycles. The van der Waals surface area contributed by atoms with Gasteiger partial charge in [-0.05, 0) is 49.4 Å². The molecule has 2 amide bonds. The number of halogens is 2. The molecule has 1 aliphatic heterocycles. The number of benzene rings is 2. The maximum atomic E-state index is 12.7. The molecule has 0 aliphatic carbocycles. The molecule has 0 aromatic heterocycles. The Balaban J connectivity index is 1.79. The van der Waals surface area contributed by atoms with Gasteiger partial charge in [0.25, 0.3) is 0 Å². The van der Waals surface area contributed by atoms with Gasteiger partial charge in [0.1, 0.15) is 11.0 Å². The molecule has 0 radical (unpaired) electrons. The van der Waals surface area contributed by atoms with Crippen molar-refractivity contribution in [2.24, 2.45) is 4.99 Å². The van der Waals surface area contributed by atoms with Crippen LogP contribution in [0.15, 0.2) is 47.5 Å². The monoisotopic (exact) mass is 451 g/mol. The highest BCUT2D eigenvalue weighted by Crippen LogP contribution is 2.32. The summed E-state index contributed by atoms with van der Waals surface area (Å²) in [5, 5.41) is 3.50. The molecule has 0 bridgehead atoms. The number of carbonyl (C=O) groups is 2. The third-order valence-corrected chi connectivity index (χ3v) is 6.16. The van der Waals surface area contributed by atoms with Crippen molar-refractivity contribution in [3.63, 3.8) is 0 Å². The summed E-state index contributed by atoms with van der Waals surface area (Å²) < 4.78 is 5.11. The second-order valence-corrected chi connectivity index (χ2v) is 8.14. The van der Waals surface area contributed by atoms with Gasteiger partial charge in [0.15, 0.2) is 5.17 Å². The molecule has 1 fully saturated rings. The van der Waals surface area contributed by atoms with Crippen molar-refractivity contribution in [3.8, 4) is 5.75 Å². The van der Waals surface area contributed by atoms with Gasteiger partial charge in [-0.25, -0.2) is 4.99 Å². The minimum Gasteiger partial charge on any atom is -0.497 e. The SMILES string of the molecule is CCN1C(=O)CC(C(=O)Nc2ccc(OC)cc2)SC1=Nc1ccc(Cl)c(Cl)c1. The first-order chi connectivity index (χ1) is 13.9. The second-order valence-electron chi connectivity index (χ2n) is 6.16. The number of ether oxygens (including phenoxy) is 1. The Hall–Kier alpha value is -2.22. The average Bonchev–Trinajstić information content (AvgIpc) is 2.71. The average molecular weight is 452 g/mol. The van der Waals surface area contributed by atoms with Crippen molar-refractivity contribution in [1.29, 1.82) is 0 Å². The van der Waals surface area contributed by atoms with E-state index in [-0.39, 0.29) is 18.2 Å². The molecule has 29 heavy (non-hydrogen) atoms. The van der Waals surface area contributed by atoms with E-state index in [1.165, 1.54) is 11.8 Å². The molecule has 1 aliphatic rings. The van der Waals surface area contributed by atoms with Crippen LogP contribution in [0.5, 0.6) is 5.75 Å². The number of nitrogens with zero attached hydrogens (tertiary/aromatic N) is 2. The first kappa shape index (κ1) is 21.5. The van der Waals surface area contributed by atoms with Crippen LogP contribution in [0, 0.1) is 0 Å². The summed E-state index contributed by atoms with van der Waals surface area (Å²) in [5.41, 5.74) is 1.19. The molecule has 152 valence electrons. The maximum absolute atomic E-state index is 12.7. The lowest BCUT2D eigenvalue weighted by atomic mass is 10.2. The molecule has 9 heteroatoms. The lowest BCUT2D eigenvalue weighted by Gasteiger charge is -2.30. The molecular formula is C20H19Cl2N3O3S. The van der Waals surface area contributed by atoms with Crippen molar-refractivity contribution in [3.05, 3.63) is 52.5 Å². The molecule has 2 aromatic carbocycles. The number of hydrogen-bond donors (Lipinski definition) is 1. The summed E-state index contributed by atoms with van der Waals surface area (Å²) in [6.45, 7) is 2.32. The van der Waals surface area contributed by atoms with E-state index in [9.17, 15) is 9.59 Å². The van der Waals surface area contributed by atoms with E-state index in [2.05, 4.69) is 10.3 Å². The van der Waals surface area contributed by atoms with E-state index >= 15 is 0 Å². The van der Waals surface area contributed by atoms with Crippen LogP contribution in [0.3, 0.4) is 0 Å². The lowest BCUT2D eigenvalue weighted by Crippen LogP contribution is -2.45. The molecule has 0 saturated carbocycles. The molecule has 2 aromatic rings. The normalized spacial score (nSPS) is 18.1. The summed E-state index contributed by atoms with van der Waals surface area (Å²) in [6, 6.07) is 12.0. The van der Waals surface area contributed by atoms with E-state index in [1.54, 1.807) is 54.5 Å². The lowest BCUT2D eigenvalue weighted by molar-refractivity contribution is -0.129. The minimum atomic E-state index is -0.589. The predicted octanol–water partition coefficient (Wildman–Crippen LogP) is 4.98. The van der Waals surface area contributed by atoms with Gasteiger partial charge in [-0.2, -0.15) is 0 Å². The molecule has 1 N–H and O–H groups in total. The number of thioether (sulfide) groups is 1. The van der Waals surface area contributed by atoms with E-state index in [4.69, 9.17) is 27.9 Å². The molecular weight excluding hydrogens is 433 g/mol. The highest BCUT2D eigenvalue weighted by atomic mass is 35.5. The van der Waals surface area contributed by atoms with Gasteiger partial charge in [-0.15, -0.1) is 0 Å². The van der Waals surface area contributed by atoms with Crippen LogP contribution in [-0.2, 0) is 9.59 Å². The fourth-order valence-electron chi connectivity index (χ4n) is 2.71. The van der Waals surface area contributed by atoms with Gasteiger partial charge in [0.2, 0.25) is 11.8 Å². The van der Waals surface area contributed by atoms with Gasteiger partial charge >= 0.3 is 0 Å². The summed E-state index contributed by atoms with van der Waals surface area (Å²) in [4.78, 5) is 31.4. The highest BCUT2D eigenvalue weighted by molar-refractivity contribution is 8.15. The molecule has 0 spiro atoms. The van der Waals surface area contributed by atoms with Crippen LogP contribution in [0.1, 0.15) is 13.3 Å². The first-order valence-corrected chi connectivity index (χ1v) is 10.5. The van der Waals surface area contributed by atoms with Crippen LogP contribution in [0.4, 0.5) is 11.4 Å². The van der Waals surface area contributed by atoms with Crippen LogP contribution in [0.25, 0.3) is 0 Å². The van der Waals surface area contributed by atoms with E-state index < -0.39 is 5.25 Å². The number of rotatable bonds is 5. The van der Waals surface area contributed by atoms with E-state index in [0.29, 0.717) is 38.9 Å². The Labute approximate surface area is 183 Å². The Morgan fingerprint density at radius 3 is 2.59 bits per heavy atom. The molecule has 1 atom stereocenters. The fourth-order valence-corrected chi connectivity index (χ4v) is 4.17. The number of hydrogen-bond acceptors (Lipinski definition) is 5. The summed E-state index contributed by atoms with van der Waals surface area (Å²) in [7, 11) is 1.58. The smallest absolute Gasteiger partial charge is 0.238 e. The molecule has 1 unspecified atom stereocenters. The summed E-state index contributed by atoms with van der Waals surface area (Å²) >= 11 is 13.3. The van der Waals surface area contributed by atoms with Gasteiger partial charge in [0.05, 0.1) is 22.8 Å². The second kappa shape index (κ2) is 9.52. The third-order valence-electron chi connectivity index (χ3n) is 4.23. The van der Waals surface area contributed by atoms with Crippen molar-refractivity contribution in [1.82, 2.24) is 4.90 Å². The zero-order valence-electron chi connectivity index (χ0n) is 15.8. The Kier molecular flexibility index (Phi) is 7.05. The number of amides is 2. The largest absolute Gasteiger partial charge is 0.497 e. The van der Waals surface area contributed by atoms with Crippen molar-refractivity contribution in [2.75, 3.05) is 19.0 Å². The quantitative estimate of drug-likeness (QED) is 0.695. The van der Waals surface area contributed by atoms with Crippen LogP contribution >= 0.6 is 35.0 Å². The van der Waals surface area contributed by atoms with Crippen LogP contribution in [0.2, 0.25) is 10.0 Å². The molecule has 1 saturated heterocycles. The number of methoxy groups -OCH3 is 1. The van der Waals surface area contributed by atoms with Crippen molar-refractivity contribution in [2.45, 2.75) is 18.6 Å². The fraction of sp³-hybridized carbons (Fsp3) is 0.250. The summed E-state index contributed by atoms with van der Waals surface area (Å²) in [5.74, 6) is 0.283. The van der Waals surface area contributed by atoms with Crippen molar-refractivity contribution >= 4 is 63.3 Å². The topological polar surface area (TPSA) is 71.0 Å².